The molecule has 0 atom stereocenters. The summed E-state index contributed by atoms with van der Waals surface area (Å²) in [5.74, 6) is -0.188. The minimum absolute atomic E-state index is 0.0870. The Labute approximate surface area is 198 Å². The van der Waals surface area contributed by atoms with Crippen LogP contribution in [0, 0.1) is 20.8 Å². The second-order valence-electron chi connectivity index (χ2n) is 8.92. The predicted molar refractivity (Wildman–Crippen MR) is 135 cm³/mol. The Morgan fingerprint density at radius 2 is 1.61 bits per heavy atom. The smallest absolute Gasteiger partial charge is 0.264 e. The van der Waals surface area contributed by atoms with E-state index in [-0.39, 0.29) is 10.8 Å². The van der Waals surface area contributed by atoms with Gasteiger partial charge in [0.15, 0.2) is 0 Å². The van der Waals surface area contributed by atoms with Crippen molar-refractivity contribution >= 4 is 27.3 Å². The summed E-state index contributed by atoms with van der Waals surface area (Å²) in [7, 11) is -2.16. The van der Waals surface area contributed by atoms with Crippen LogP contribution in [-0.2, 0) is 17.1 Å². The Morgan fingerprint density at radius 1 is 1.00 bits per heavy atom. The number of benzene rings is 1. The first-order valence-corrected chi connectivity index (χ1v) is 13.4. The molecule has 1 amide bonds. The Balaban J connectivity index is 2.00. The van der Waals surface area contributed by atoms with Gasteiger partial charge in [-0.3, -0.25) is 9.52 Å². The summed E-state index contributed by atoms with van der Waals surface area (Å²) in [5, 5.41) is 0. The number of rotatable bonds is 7. The van der Waals surface area contributed by atoms with Crippen LogP contribution in [-0.4, -0.2) is 50.0 Å². The Bertz CT molecular complexity index is 1110. The van der Waals surface area contributed by atoms with Gasteiger partial charge in [0.25, 0.3) is 15.9 Å². The van der Waals surface area contributed by atoms with Crippen molar-refractivity contribution < 1.29 is 13.2 Å². The number of hydrogen-bond donors (Lipinski definition) is 1. The van der Waals surface area contributed by atoms with Crippen molar-refractivity contribution in [2.45, 2.75) is 65.2 Å². The first kappa shape index (κ1) is 25.1. The molecule has 1 aromatic carbocycles. The monoisotopic (exact) mass is 474 g/mol. The molecule has 33 heavy (non-hydrogen) atoms. The van der Waals surface area contributed by atoms with Crippen LogP contribution in [0.3, 0.4) is 0 Å². The zero-order valence-electron chi connectivity index (χ0n) is 20.9. The first-order chi connectivity index (χ1) is 15.6. The van der Waals surface area contributed by atoms with Gasteiger partial charge in [-0.15, -0.1) is 0 Å². The molecule has 0 spiro atoms. The molecule has 0 radical (unpaired) electrons. The van der Waals surface area contributed by atoms with Crippen LogP contribution < -0.4 is 9.62 Å². The number of hydrogen-bond acceptors (Lipinski definition) is 4. The number of nitrogens with zero attached hydrogens (tertiary/aromatic N) is 3. The van der Waals surface area contributed by atoms with Crippen LogP contribution in [0.15, 0.2) is 23.1 Å². The van der Waals surface area contributed by atoms with Crippen LogP contribution >= 0.6 is 0 Å². The van der Waals surface area contributed by atoms with E-state index in [1.807, 2.05) is 44.0 Å². The molecular weight excluding hydrogens is 436 g/mol. The third-order valence-electron chi connectivity index (χ3n) is 6.88. The highest BCUT2D eigenvalue weighted by Gasteiger charge is 2.33. The molecule has 182 valence electrons. The number of aryl methyl sites for hydroxylation is 1. The van der Waals surface area contributed by atoms with Crippen LogP contribution in [0.5, 0.6) is 0 Å². The third-order valence-corrected chi connectivity index (χ3v) is 8.41. The Hall–Kier alpha value is -2.48. The number of likely N-dealkylation sites (tertiary alicyclic amines) is 1. The lowest BCUT2D eigenvalue weighted by Gasteiger charge is -2.23. The Kier molecular flexibility index (Phi) is 7.77. The van der Waals surface area contributed by atoms with Crippen LogP contribution in [0.25, 0.3) is 0 Å². The van der Waals surface area contributed by atoms with Crippen molar-refractivity contribution in [1.29, 1.82) is 0 Å². The number of carbonyl (C=O) groups is 1. The molecule has 1 aliphatic rings. The van der Waals surface area contributed by atoms with Crippen LogP contribution in [0.2, 0.25) is 0 Å². The molecule has 0 unspecified atom stereocenters. The molecule has 0 aliphatic carbocycles. The number of sulfonamides is 1. The number of aromatic nitrogens is 1. The lowest BCUT2D eigenvalue weighted by Crippen LogP contribution is -2.33. The van der Waals surface area contributed by atoms with Crippen molar-refractivity contribution in [3.8, 4) is 0 Å². The maximum absolute atomic E-state index is 13.6. The summed E-state index contributed by atoms with van der Waals surface area (Å²) >= 11 is 0. The van der Waals surface area contributed by atoms with E-state index in [4.69, 9.17) is 0 Å². The Morgan fingerprint density at radius 3 is 2.15 bits per heavy atom. The van der Waals surface area contributed by atoms with Crippen molar-refractivity contribution in [1.82, 2.24) is 9.47 Å². The maximum Gasteiger partial charge on any atom is 0.264 e. The van der Waals surface area contributed by atoms with Gasteiger partial charge in [0, 0.05) is 50.3 Å². The number of carbonyl (C=O) groups excluding carboxylic acids is 1. The van der Waals surface area contributed by atoms with Crippen molar-refractivity contribution in [3.05, 3.63) is 40.7 Å². The zero-order chi connectivity index (χ0) is 24.3. The number of amides is 1. The van der Waals surface area contributed by atoms with Gasteiger partial charge < -0.3 is 14.4 Å². The summed E-state index contributed by atoms with van der Waals surface area (Å²) in [4.78, 5) is 17.6. The third kappa shape index (κ3) is 5.05. The topological polar surface area (TPSA) is 74.7 Å². The molecule has 7 nitrogen and oxygen atoms in total. The van der Waals surface area contributed by atoms with Gasteiger partial charge in [0.05, 0.1) is 11.3 Å². The van der Waals surface area contributed by atoms with Gasteiger partial charge in [-0.1, -0.05) is 12.8 Å². The molecule has 1 aromatic heterocycles. The standard InChI is InChI=1S/C25H38N4O3S/c1-7-28(8-2)21-13-14-22(18(3)17-21)26-33(31,32)24-20(5)27(6)19(4)23(24)25(30)29-15-11-9-10-12-16-29/h13-14,17,26H,7-12,15-16H2,1-6H3. The summed E-state index contributed by atoms with van der Waals surface area (Å²) in [6, 6.07) is 5.74. The second kappa shape index (κ2) is 10.2. The van der Waals surface area contributed by atoms with E-state index in [0.29, 0.717) is 35.7 Å². The highest BCUT2D eigenvalue weighted by atomic mass is 32.2. The molecule has 1 saturated heterocycles. The van der Waals surface area contributed by atoms with Gasteiger partial charge in [0.1, 0.15) is 4.90 Å². The van der Waals surface area contributed by atoms with E-state index >= 15 is 0 Å². The van der Waals surface area contributed by atoms with Gasteiger partial charge in [-0.25, -0.2) is 8.42 Å². The van der Waals surface area contributed by atoms with E-state index < -0.39 is 10.0 Å². The number of anilines is 2. The highest BCUT2D eigenvalue weighted by Crippen LogP contribution is 2.31. The van der Waals surface area contributed by atoms with E-state index in [1.165, 1.54) is 0 Å². The minimum Gasteiger partial charge on any atom is -0.372 e. The van der Waals surface area contributed by atoms with E-state index in [9.17, 15) is 13.2 Å². The van der Waals surface area contributed by atoms with Crippen molar-refractivity contribution in [2.75, 3.05) is 35.8 Å². The summed E-state index contributed by atoms with van der Waals surface area (Å²) in [5.41, 5.74) is 3.96. The average molecular weight is 475 g/mol. The maximum atomic E-state index is 13.6. The molecule has 2 aromatic rings. The molecule has 1 N–H and O–H groups in total. The average Bonchev–Trinajstić information content (AvgIpc) is 2.97. The van der Waals surface area contributed by atoms with Crippen LogP contribution in [0.1, 0.15) is 66.8 Å². The quantitative estimate of drug-likeness (QED) is 0.636. The van der Waals surface area contributed by atoms with Crippen molar-refractivity contribution in [3.63, 3.8) is 0 Å². The molecule has 3 rings (SSSR count). The van der Waals surface area contributed by atoms with Gasteiger partial charge >= 0.3 is 0 Å². The molecule has 8 heteroatoms. The SMILES string of the molecule is CCN(CC)c1ccc(NS(=O)(=O)c2c(C(=O)N3CCCCCC3)c(C)n(C)c2C)c(C)c1. The van der Waals surface area contributed by atoms with Crippen molar-refractivity contribution in [2.24, 2.45) is 7.05 Å². The fourth-order valence-electron chi connectivity index (χ4n) is 4.67. The van der Waals surface area contributed by atoms with E-state index in [2.05, 4.69) is 23.5 Å². The summed E-state index contributed by atoms with van der Waals surface area (Å²) < 4.78 is 31.9. The first-order valence-electron chi connectivity index (χ1n) is 12.0. The highest BCUT2D eigenvalue weighted by molar-refractivity contribution is 7.92. The largest absolute Gasteiger partial charge is 0.372 e. The van der Waals surface area contributed by atoms with E-state index in [1.54, 1.807) is 11.5 Å². The van der Waals surface area contributed by atoms with E-state index in [0.717, 1.165) is 50.0 Å². The summed E-state index contributed by atoms with van der Waals surface area (Å²) in [6.07, 6.45) is 4.11. The fraction of sp³-hybridized carbons (Fsp3) is 0.560. The van der Waals surface area contributed by atoms with Gasteiger partial charge in [-0.2, -0.15) is 0 Å². The summed E-state index contributed by atoms with van der Waals surface area (Å²) in [6.45, 7) is 12.8. The number of nitrogens with one attached hydrogen (secondary N) is 1. The fourth-order valence-corrected chi connectivity index (χ4v) is 6.32. The van der Waals surface area contributed by atoms with Gasteiger partial charge in [0.2, 0.25) is 0 Å². The minimum atomic E-state index is -3.97. The molecule has 2 heterocycles. The molecule has 1 fully saturated rings. The molecule has 0 saturated carbocycles. The van der Waals surface area contributed by atoms with Crippen LogP contribution in [0.4, 0.5) is 11.4 Å². The lowest BCUT2D eigenvalue weighted by atomic mass is 10.1. The zero-order valence-corrected chi connectivity index (χ0v) is 21.7. The second-order valence-corrected chi connectivity index (χ2v) is 10.5. The normalized spacial score (nSPS) is 14.8. The lowest BCUT2D eigenvalue weighted by molar-refractivity contribution is 0.0757. The van der Waals surface area contributed by atoms with Gasteiger partial charge in [-0.05, 0) is 71.2 Å². The molecule has 1 aliphatic heterocycles. The molecule has 0 bridgehead atoms. The predicted octanol–water partition coefficient (Wildman–Crippen LogP) is 4.61. The molecular formula is C25H38N4O3S.